The molecule has 0 fully saturated rings. The van der Waals surface area contributed by atoms with Gasteiger partial charge in [-0.05, 0) is 48.7 Å². The molecule has 0 spiro atoms. The van der Waals surface area contributed by atoms with Gasteiger partial charge in [0.15, 0.2) is 0 Å². The molecule has 3 aromatic rings. The maximum atomic E-state index is 10.8. The number of carboxylic acids is 1. The summed E-state index contributed by atoms with van der Waals surface area (Å²) in [5.41, 5.74) is 9.46. The molecule has 0 aliphatic carbocycles. The van der Waals surface area contributed by atoms with E-state index in [1.54, 1.807) is 0 Å². The van der Waals surface area contributed by atoms with E-state index in [9.17, 15) is 4.79 Å². The zero-order valence-corrected chi connectivity index (χ0v) is 15.9. The van der Waals surface area contributed by atoms with Gasteiger partial charge in [0.1, 0.15) is 11.5 Å². The van der Waals surface area contributed by atoms with Crippen LogP contribution in [0.2, 0.25) is 0 Å². The number of hydrogen-bond acceptors (Lipinski definition) is 5. The van der Waals surface area contributed by atoms with Crippen LogP contribution in [0.15, 0.2) is 52.9 Å². The number of carbonyl (C=O) groups is 1. The summed E-state index contributed by atoms with van der Waals surface area (Å²) < 4.78 is 11.6. The highest BCUT2D eigenvalue weighted by atomic mass is 16.5. The van der Waals surface area contributed by atoms with Crippen molar-refractivity contribution in [3.05, 3.63) is 71.1 Å². The number of carboxylic acid groups (broad SMARTS) is 1. The highest BCUT2D eigenvalue weighted by Gasteiger charge is 2.12. The summed E-state index contributed by atoms with van der Waals surface area (Å²) in [5.74, 6) is 1.29. The molecule has 6 nitrogen and oxygen atoms in total. The van der Waals surface area contributed by atoms with Crippen molar-refractivity contribution in [2.45, 2.75) is 32.7 Å². The lowest BCUT2D eigenvalue weighted by atomic mass is 10.0. The van der Waals surface area contributed by atoms with Crippen molar-refractivity contribution < 1.29 is 19.1 Å². The van der Waals surface area contributed by atoms with Crippen molar-refractivity contribution in [3.8, 4) is 17.2 Å². The molecule has 0 aliphatic heterocycles. The second-order valence-electron chi connectivity index (χ2n) is 6.51. The molecular weight excluding hydrogens is 356 g/mol. The first-order valence-corrected chi connectivity index (χ1v) is 9.25. The zero-order valence-electron chi connectivity index (χ0n) is 15.9. The highest BCUT2D eigenvalue weighted by molar-refractivity contribution is 5.67. The Morgan fingerprint density at radius 2 is 1.93 bits per heavy atom. The van der Waals surface area contributed by atoms with Crippen LogP contribution in [0, 0.1) is 6.92 Å². The molecule has 0 atom stereocenters. The Morgan fingerprint density at radius 3 is 2.64 bits per heavy atom. The number of nitrogens with two attached hydrogens (primary N) is 1. The molecule has 146 valence electrons. The van der Waals surface area contributed by atoms with Crippen LogP contribution < -0.4 is 10.5 Å². The lowest BCUT2D eigenvalue weighted by molar-refractivity contribution is -0.136. The Bertz CT molecular complexity index is 935. The molecular formula is C22H24N2O4. The van der Waals surface area contributed by atoms with Crippen LogP contribution in [0.4, 0.5) is 0 Å². The van der Waals surface area contributed by atoms with Crippen molar-refractivity contribution in [1.82, 2.24) is 4.98 Å². The fourth-order valence-corrected chi connectivity index (χ4v) is 3.00. The van der Waals surface area contributed by atoms with Crippen molar-refractivity contribution >= 4 is 5.97 Å². The van der Waals surface area contributed by atoms with Crippen molar-refractivity contribution in [2.75, 3.05) is 6.61 Å². The van der Waals surface area contributed by atoms with E-state index in [1.165, 1.54) is 0 Å². The van der Waals surface area contributed by atoms with E-state index >= 15 is 0 Å². The minimum absolute atomic E-state index is 0.0857. The Kier molecular flexibility index (Phi) is 6.45. The van der Waals surface area contributed by atoms with E-state index in [0.29, 0.717) is 37.6 Å². The first-order valence-electron chi connectivity index (χ1n) is 9.25. The molecule has 0 radical (unpaired) electrons. The van der Waals surface area contributed by atoms with Crippen molar-refractivity contribution in [1.29, 1.82) is 0 Å². The molecule has 6 heteroatoms. The van der Waals surface area contributed by atoms with Gasteiger partial charge in [0, 0.05) is 24.9 Å². The topological polar surface area (TPSA) is 98.6 Å². The average Bonchev–Trinajstić information content (AvgIpc) is 3.08. The Hall–Kier alpha value is -3.12. The van der Waals surface area contributed by atoms with E-state index in [2.05, 4.69) is 4.98 Å². The van der Waals surface area contributed by atoms with Gasteiger partial charge in [-0.2, -0.15) is 0 Å². The average molecular weight is 380 g/mol. The van der Waals surface area contributed by atoms with E-state index in [-0.39, 0.29) is 6.42 Å². The Morgan fingerprint density at radius 1 is 1.14 bits per heavy atom. The first kappa shape index (κ1) is 19.6. The number of nitrogens with zero attached hydrogens (tertiary/aromatic N) is 1. The third kappa shape index (κ3) is 4.98. The van der Waals surface area contributed by atoms with Gasteiger partial charge >= 0.3 is 5.97 Å². The van der Waals surface area contributed by atoms with Gasteiger partial charge in [-0.25, -0.2) is 4.98 Å². The van der Waals surface area contributed by atoms with Crippen LogP contribution in [0.1, 0.15) is 29.0 Å². The summed E-state index contributed by atoms with van der Waals surface area (Å²) in [6, 6.07) is 15.4. The van der Waals surface area contributed by atoms with Crippen LogP contribution in [0.25, 0.3) is 11.5 Å². The van der Waals surface area contributed by atoms with Crippen molar-refractivity contribution in [3.63, 3.8) is 0 Å². The summed E-state index contributed by atoms with van der Waals surface area (Å²) >= 11 is 0. The summed E-state index contributed by atoms with van der Waals surface area (Å²) in [4.78, 5) is 15.3. The molecule has 0 bridgehead atoms. The third-order valence-corrected chi connectivity index (χ3v) is 4.53. The summed E-state index contributed by atoms with van der Waals surface area (Å²) in [7, 11) is 0. The third-order valence-electron chi connectivity index (χ3n) is 4.53. The fraction of sp³-hybridized carbons (Fsp3) is 0.273. The minimum atomic E-state index is -0.818. The van der Waals surface area contributed by atoms with Gasteiger partial charge in [-0.1, -0.05) is 24.3 Å². The van der Waals surface area contributed by atoms with Gasteiger partial charge in [0.05, 0.1) is 12.3 Å². The second kappa shape index (κ2) is 9.19. The lowest BCUT2D eigenvalue weighted by Gasteiger charge is -2.11. The normalized spacial score (nSPS) is 10.8. The summed E-state index contributed by atoms with van der Waals surface area (Å²) in [5, 5.41) is 8.84. The SMILES string of the molecule is Cc1oc(-c2ccccc2)nc1CCOc1ccc(CCC(=O)O)c(CN)c1. The number of aryl methyl sites for hydroxylation is 2. The highest BCUT2D eigenvalue weighted by Crippen LogP contribution is 2.23. The molecule has 3 N–H and O–H groups in total. The standard InChI is InChI=1S/C22H24N2O4/c1-15-20(24-22(28-15)17-5-3-2-4-6-17)11-12-27-19-9-7-16(8-10-21(25)26)18(13-19)14-23/h2-7,9,13H,8,10-12,14,23H2,1H3,(H,25,26). The van der Waals surface area contributed by atoms with Crippen LogP contribution in [-0.2, 0) is 24.2 Å². The molecule has 0 saturated carbocycles. The van der Waals surface area contributed by atoms with Crippen LogP contribution in [0.3, 0.4) is 0 Å². The fourth-order valence-electron chi connectivity index (χ4n) is 3.00. The molecule has 0 unspecified atom stereocenters. The van der Waals surface area contributed by atoms with E-state index < -0.39 is 5.97 Å². The number of hydrogen-bond donors (Lipinski definition) is 2. The number of rotatable bonds is 9. The Labute approximate surface area is 164 Å². The number of aromatic nitrogens is 1. The molecule has 3 rings (SSSR count). The van der Waals surface area contributed by atoms with Gasteiger partial charge in [0.25, 0.3) is 0 Å². The quantitative estimate of drug-likeness (QED) is 0.587. The molecule has 0 amide bonds. The van der Waals surface area contributed by atoms with Crippen LogP contribution >= 0.6 is 0 Å². The van der Waals surface area contributed by atoms with E-state index in [1.807, 2.05) is 55.5 Å². The summed E-state index contributed by atoms with van der Waals surface area (Å²) in [6.07, 6.45) is 1.17. The minimum Gasteiger partial charge on any atom is -0.493 e. The first-order chi connectivity index (χ1) is 13.6. The predicted molar refractivity (Wildman–Crippen MR) is 106 cm³/mol. The van der Waals surface area contributed by atoms with Gasteiger partial charge in [-0.15, -0.1) is 0 Å². The second-order valence-corrected chi connectivity index (χ2v) is 6.51. The van der Waals surface area contributed by atoms with Gasteiger partial charge in [-0.3, -0.25) is 4.79 Å². The van der Waals surface area contributed by atoms with Crippen LogP contribution in [-0.4, -0.2) is 22.7 Å². The van der Waals surface area contributed by atoms with E-state index in [0.717, 1.165) is 28.1 Å². The predicted octanol–water partition coefficient (Wildman–Crippen LogP) is 3.75. The molecule has 0 saturated heterocycles. The maximum absolute atomic E-state index is 10.8. The molecule has 28 heavy (non-hydrogen) atoms. The van der Waals surface area contributed by atoms with Gasteiger partial charge < -0.3 is 20.0 Å². The largest absolute Gasteiger partial charge is 0.493 e. The number of oxazole rings is 1. The number of ether oxygens (including phenoxy) is 1. The number of aliphatic carboxylic acids is 1. The van der Waals surface area contributed by atoms with Gasteiger partial charge in [0.2, 0.25) is 5.89 Å². The molecule has 1 heterocycles. The molecule has 2 aromatic carbocycles. The monoisotopic (exact) mass is 380 g/mol. The van der Waals surface area contributed by atoms with Crippen molar-refractivity contribution in [2.24, 2.45) is 5.73 Å². The zero-order chi connectivity index (χ0) is 19.9. The molecule has 0 aliphatic rings. The Balaban J connectivity index is 1.60. The maximum Gasteiger partial charge on any atom is 0.303 e. The lowest BCUT2D eigenvalue weighted by Crippen LogP contribution is -2.07. The van der Waals surface area contributed by atoms with E-state index in [4.69, 9.17) is 20.0 Å². The van der Waals surface area contributed by atoms with Crippen LogP contribution in [0.5, 0.6) is 5.75 Å². The smallest absolute Gasteiger partial charge is 0.303 e. The summed E-state index contributed by atoms with van der Waals surface area (Å²) in [6.45, 7) is 2.70. The molecule has 1 aromatic heterocycles. The number of benzene rings is 2.